The Hall–Kier alpha value is -1.75. The molecule has 1 atom stereocenters. The number of hydrogen-bond donors (Lipinski definition) is 3. The summed E-state index contributed by atoms with van der Waals surface area (Å²) in [5.41, 5.74) is 0.672. The highest BCUT2D eigenvalue weighted by atomic mass is 35.5. The van der Waals surface area contributed by atoms with Gasteiger partial charge in [0.05, 0.1) is 27.5 Å². The van der Waals surface area contributed by atoms with E-state index in [1.807, 2.05) is 0 Å². The number of rotatable bonds is 5. The summed E-state index contributed by atoms with van der Waals surface area (Å²) in [4.78, 5) is 16.0. The van der Waals surface area contributed by atoms with Gasteiger partial charge in [0.25, 0.3) is 0 Å². The van der Waals surface area contributed by atoms with Crippen molar-refractivity contribution in [1.29, 1.82) is 0 Å². The summed E-state index contributed by atoms with van der Waals surface area (Å²) < 4.78 is 26.6. The summed E-state index contributed by atoms with van der Waals surface area (Å²) in [7, 11) is -3.84. The fourth-order valence-corrected chi connectivity index (χ4v) is 6.91. The molecule has 3 N–H and O–H groups in total. The van der Waals surface area contributed by atoms with Gasteiger partial charge in [0.1, 0.15) is 5.37 Å². The zero-order chi connectivity index (χ0) is 23.0. The van der Waals surface area contributed by atoms with E-state index in [0.717, 1.165) is 5.75 Å². The van der Waals surface area contributed by atoms with E-state index in [0.29, 0.717) is 28.4 Å². The molecule has 0 aliphatic carbocycles. The van der Waals surface area contributed by atoms with Crippen LogP contribution in [0.1, 0.15) is 10.4 Å². The van der Waals surface area contributed by atoms with Gasteiger partial charge in [-0.05, 0) is 36.4 Å². The van der Waals surface area contributed by atoms with Gasteiger partial charge in [0, 0.05) is 33.5 Å². The highest BCUT2D eigenvalue weighted by Crippen LogP contribution is 2.36. The second-order valence-electron chi connectivity index (χ2n) is 6.97. The van der Waals surface area contributed by atoms with Crippen LogP contribution in [0.4, 0.5) is 11.4 Å². The molecule has 12 heteroatoms. The number of aromatic nitrogens is 1. The quantitative estimate of drug-likeness (QED) is 0.418. The lowest BCUT2D eigenvalue weighted by Gasteiger charge is -2.23. The molecule has 4 rings (SSSR count). The Kier molecular flexibility index (Phi) is 6.76. The number of aromatic carboxylic acids is 1. The van der Waals surface area contributed by atoms with Gasteiger partial charge in [-0.15, -0.1) is 0 Å². The molecule has 32 heavy (non-hydrogen) atoms. The predicted octanol–water partition coefficient (Wildman–Crippen LogP) is 5.07. The van der Waals surface area contributed by atoms with Gasteiger partial charge < -0.3 is 10.4 Å². The molecule has 0 amide bonds. The zero-order valence-corrected chi connectivity index (χ0v) is 20.1. The molecule has 0 radical (unpaired) electrons. The van der Waals surface area contributed by atoms with Gasteiger partial charge >= 0.3 is 5.97 Å². The Balaban J connectivity index is 1.91. The standard InChI is InChI=1S/C20H16Cl3N3O4S2/c21-10-1-2-15(13(5-10)20(27)28)25-16-8-17(32(29,30)18-9-31-4-3-24-18)26-19-12(16)6-11(22)7-14(19)23/h1-2,5-8,18,24H,3-4,9H2,(H,25,26)(H,27,28). The van der Waals surface area contributed by atoms with Crippen LogP contribution in [0.25, 0.3) is 10.9 Å². The molecule has 0 saturated carbocycles. The van der Waals surface area contributed by atoms with E-state index in [2.05, 4.69) is 15.6 Å². The van der Waals surface area contributed by atoms with Crippen molar-refractivity contribution in [2.75, 3.05) is 23.4 Å². The minimum absolute atomic E-state index is 0.0784. The van der Waals surface area contributed by atoms with Crippen molar-refractivity contribution in [3.63, 3.8) is 0 Å². The lowest BCUT2D eigenvalue weighted by Crippen LogP contribution is -2.43. The van der Waals surface area contributed by atoms with Crippen LogP contribution in [0.3, 0.4) is 0 Å². The Labute approximate surface area is 203 Å². The molecule has 0 spiro atoms. The van der Waals surface area contributed by atoms with E-state index in [1.165, 1.54) is 30.3 Å². The number of pyridine rings is 1. The molecule has 1 aromatic heterocycles. The molecule has 1 aliphatic heterocycles. The van der Waals surface area contributed by atoms with E-state index in [-0.39, 0.29) is 31.8 Å². The van der Waals surface area contributed by atoms with Gasteiger partial charge in [-0.3, -0.25) is 5.32 Å². The number of halogens is 3. The minimum Gasteiger partial charge on any atom is -0.478 e. The molecule has 168 valence electrons. The van der Waals surface area contributed by atoms with Crippen molar-refractivity contribution < 1.29 is 18.3 Å². The third kappa shape index (κ3) is 4.64. The first-order chi connectivity index (χ1) is 15.2. The Morgan fingerprint density at radius 1 is 1.12 bits per heavy atom. The number of nitrogens with one attached hydrogen (secondary N) is 2. The number of nitrogens with zero attached hydrogens (tertiary/aromatic N) is 1. The summed E-state index contributed by atoms with van der Waals surface area (Å²) in [6.07, 6.45) is 0. The average Bonchev–Trinajstić information content (AvgIpc) is 2.75. The molecule has 2 heterocycles. The predicted molar refractivity (Wildman–Crippen MR) is 130 cm³/mol. The monoisotopic (exact) mass is 531 g/mol. The first-order valence-electron chi connectivity index (χ1n) is 9.31. The number of thioether (sulfide) groups is 1. The largest absolute Gasteiger partial charge is 0.478 e. The van der Waals surface area contributed by atoms with Crippen molar-refractivity contribution in [3.05, 3.63) is 57.0 Å². The molecule has 0 bridgehead atoms. The molecular formula is C20H16Cl3N3O4S2. The van der Waals surface area contributed by atoms with Crippen molar-refractivity contribution in [2.45, 2.75) is 10.4 Å². The maximum Gasteiger partial charge on any atom is 0.337 e. The number of carboxylic acid groups (broad SMARTS) is 1. The smallest absolute Gasteiger partial charge is 0.337 e. The second-order valence-corrected chi connectivity index (χ2v) is 11.5. The molecule has 1 unspecified atom stereocenters. The van der Waals surface area contributed by atoms with Crippen LogP contribution in [-0.2, 0) is 9.84 Å². The third-order valence-electron chi connectivity index (χ3n) is 4.84. The maximum absolute atomic E-state index is 13.3. The summed E-state index contributed by atoms with van der Waals surface area (Å²) >= 11 is 20.0. The second kappa shape index (κ2) is 9.24. The van der Waals surface area contributed by atoms with Crippen LogP contribution in [0.15, 0.2) is 41.4 Å². The highest BCUT2D eigenvalue weighted by molar-refractivity contribution is 8.01. The number of carbonyl (C=O) groups is 1. The van der Waals surface area contributed by atoms with Gasteiger partial charge in [0.2, 0.25) is 9.84 Å². The normalized spacial score (nSPS) is 16.8. The van der Waals surface area contributed by atoms with Gasteiger partial charge in [0.15, 0.2) is 5.03 Å². The van der Waals surface area contributed by atoms with Crippen molar-refractivity contribution in [1.82, 2.24) is 10.3 Å². The van der Waals surface area contributed by atoms with Crippen LogP contribution in [0.2, 0.25) is 15.1 Å². The average molecular weight is 533 g/mol. The molecule has 2 aromatic carbocycles. The summed E-state index contributed by atoms with van der Waals surface area (Å²) in [5, 5.41) is 15.8. The molecular weight excluding hydrogens is 517 g/mol. The summed E-state index contributed by atoms with van der Waals surface area (Å²) in [6.45, 7) is 0.566. The van der Waals surface area contributed by atoms with E-state index in [9.17, 15) is 18.3 Å². The Morgan fingerprint density at radius 2 is 1.91 bits per heavy atom. The van der Waals surface area contributed by atoms with Gasteiger partial charge in [-0.25, -0.2) is 18.2 Å². The first-order valence-corrected chi connectivity index (χ1v) is 13.1. The van der Waals surface area contributed by atoms with Crippen molar-refractivity contribution >= 4 is 84.6 Å². The van der Waals surface area contributed by atoms with Crippen LogP contribution in [0.5, 0.6) is 0 Å². The SMILES string of the molecule is O=C(O)c1cc(Cl)ccc1Nc1cc(S(=O)(=O)C2CSCCN2)nc2c(Cl)cc(Cl)cc12. The fourth-order valence-electron chi connectivity index (χ4n) is 3.31. The van der Waals surface area contributed by atoms with E-state index >= 15 is 0 Å². The number of hydrogen-bond acceptors (Lipinski definition) is 7. The summed E-state index contributed by atoms with van der Waals surface area (Å²) in [6, 6.07) is 8.75. The Morgan fingerprint density at radius 3 is 2.59 bits per heavy atom. The lowest BCUT2D eigenvalue weighted by atomic mass is 10.1. The van der Waals surface area contributed by atoms with Crippen molar-refractivity contribution in [2.24, 2.45) is 0 Å². The molecule has 1 fully saturated rings. The number of anilines is 2. The minimum atomic E-state index is -3.84. The van der Waals surface area contributed by atoms with Crippen LogP contribution < -0.4 is 10.6 Å². The lowest BCUT2D eigenvalue weighted by molar-refractivity contribution is 0.0698. The maximum atomic E-state index is 13.3. The number of sulfone groups is 1. The third-order valence-corrected chi connectivity index (χ3v) is 8.73. The van der Waals surface area contributed by atoms with Crippen LogP contribution in [-0.4, -0.2) is 47.9 Å². The fraction of sp³-hybridized carbons (Fsp3) is 0.200. The Bertz CT molecular complexity index is 1330. The van der Waals surface area contributed by atoms with Crippen LogP contribution >= 0.6 is 46.6 Å². The highest BCUT2D eigenvalue weighted by Gasteiger charge is 2.31. The van der Waals surface area contributed by atoms with E-state index in [1.54, 1.807) is 17.8 Å². The molecule has 3 aromatic rings. The first kappa shape index (κ1) is 23.4. The van der Waals surface area contributed by atoms with E-state index in [4.69, 9.17) is 34.8 Å². The number of benzene rings is 2. The molecule has 1 saturated heterocycles. The molecule has 7 nitrogen and oxygen atoms in total. The number of carboxylic acids is 1. The number of fused-ring (bicyclic) bond motifs is 1. The van der Waals surface area contributed by atoms with Crippen LogP contribution in [0, 0.1) is 0 Å². The zero-order valence-electron chi connectivity index (χ0n) is 16.2. The molecule has 1 aliphatic rings. The van der Waals surface area contributed by atoms with E-state index < -0.39 is 21.2 Å². The van der Waals surface area contributed by atoms with Crippen molar-refractivity contribution in [3.8, 4) is 0 Å². The topological polar surface area (TPSA) is 108 Å². The van der Waals surface area contributed by atoms with Gasteiger partial charge in [-0.2, -0.15) is 11.8 Å². The van der Waals surface area contributed by atoms with Gasteiger partial charge in [-0.1, -0.05) is 34.8 Å². The summed E-state index contributed by atoms with van der Waals surface area (Å²) in [5.74, 6) is 0.0169.